The van der Waals surface area contributed by atoms with Crippen molar-refractivity contribution < 1.29 is 33.2 Å². The fourth-order valence-corrected chi connectivity index (χ4v) is 10.2. The normalized spacial score (nSPS) is 24.2. The molecule has 6 atom stereocenters. The summed E-state index contributed by atoms with van der Waals surface area (Å²) in [6.45, 7) is 16.6. The number of rotatable bonds is 10. The van der Waals surface area contributed by atoms with Crippen molar-refractivity contribution in [3.63, 3.8) is 0 Å². The van der Waals surface area contributed by atoms with Gasteiger partial charge in [-0.15, -0.1) is 0 Å². The van der Waals surface area contributed by atoms with Crippen LogP contribution in [0.1, 0.15) is 97.3 Å². The smallest absolute Gasteiger partial charge is 0.449 e. The Balaban J connectivity index is 1.06. The quantitative estimate of drug-likeness (QED) is 0.155. The minimum Gasteiger partial charge on any atom is -0.449 e. The number of aromatic nitrogens is 1. The Kier molecular flexibility index (Phi) is 10.1. The third-order valence-corrected chi connectivity index (χ3v) is 13.1. The van der Waals surface area contributed by atoms with E-state index < -0.39 is 42.5 Å². The van der Waals surface area contributed by atoms with Crippen molar-refractivity contribution in [3.8, 4) is 11.1 Å². The van der Waals surface area contributed by atoms with E-state index in [9.17, 15) is 14.4 Å². The molecule has 5 aliphatic rings. The van der Waals surface area contributed by atoms with E-state index in [-0.39, 0.29) is 42.3 Å². The average molecular weight is 774 g/mol. The number of alkyl carbamates (subject to hydrolysis) is 1. The highest BCUT2D eigenvalue weighted by molar-refractivity contribution is 6.48. The predicted octanol–water partition coefficient (Wildman–Crippen LogP) is 8.67. The number of hydrogen-bond donors (Lipinski definition) is 2. The maximum atomic E-state index is 14.7. The Hall–Kier alpha value is -4.61. The molecule has 1 saturated heterocycles. The third-order valence-electron chi connectivity index (χ3n) is 13.1. The van der Waals surface area contributed by atoms with Crippen molar-refractivity contribution in [1.29, 1.82) is 0 Å². The zero-order valence-electron chi connectivity index (χ0n) is 34.5. The largest absolute Gasteiger partial charge is 0.481 e. The molecular weight excluding hydrogens is 717 g/mol. The van der Waals surface area contributed by atoms with Crippen LogP contribution >= 0.6 is 0 Å². The van der Waals surface area contributed by atoms with Crippen LogP contribution in [0.3, 0.4) is 0 Å². The number of carbonyl (C=O) groups excluding carboxylic acids is 3. The molecule has 1 aliphatic heterocycles. The minimum absolute atomic E-state index is 0.0421. The van der Waals surface area contributed by atoms with Gasteiger partial charge in [0.25, 0.3) is 0 Å². The molecule has 9 rings (SSSR count). The van der Waals surface area contributed by atoms with Gasteiger partial charge in [-0.25, -0.2) is 9.59 Å². The lowest BCUT2D eigenvalue weighted by atomic mass is 9.43. The lowest BCUT2D eigenvalue weighted by Gasteiger charge is -2.64. The van der Waals surface area contributed by atoms with Gasteiger partial charge in [0.2, 0.25) is 5.91 Å². The van der Waals surface area contributed by atoms with Gasteiger partial charge in [-0.05, 0) is 104 Å². The van der Waals surface area contributed by atoms with Gasteiger partial charge in [-0.2, -0.15) is 0 Å². The maximum Gasteiger partial charge on any atom is 0.481 e. The zero-order valence-corrected chi connectivity index (χ0v) is 34.5. The van der Waals surface area contributed by atoms with Gasteiger partial charge in [-0.1, -0.05) is 94.4 Å². The average Bonchev–Trinajstić information content (AvgIpc) is 3.81. The Morgan fingerprint density at radius 1 is 0.912 bits per heavy atom. The number of amides is 2. The number of hydrogen-bond acceptors (Lipinski definition) is 7. The molecule has 3 saturated carbocycles. The molecule has 4 aliphatic carbocycles. The van der Waals surface area contributed by atoms with Crippen LogP contribution in [0.2, 0.25) is 0 Å². The number of nitrogens with one attached hydrogen (secondary N) is 2. The molecule has 0 radical (unpaired) electrons. The van der Waals surface area contributed by atoms with Gasteiger partial charge in [-0.3, -0.25) is 9.36 Å². The van der Waals surface area contributed by atoms with Crippen molar-refractivity contribution in [2.75, 3.05) is 6.61 Å². The number of benzene rings is 3. The molecule has 11 heteroatoms. The SMILES string of the molecule is CC(C)C[C@H](NC(=O)[C@H](Cc1cn(C(=O)OC(C)(C)C)c2ccccc12)NC(=O)OCC1c2ccccc2-c2ccccc21)B1O[C@@H]2C[C@@H]3C[C@@H](C3(C)C)[C@]2(C)O1. The lowest BCUT2D eigenvalue weighted by molar-refractivity contribution is -0.199. The van der Waals surface area contributed by atoms with Crippen molar-refractivity contribution >= 4 is 36.1 Å². The molecule has 57 heavy (non-hydrogen) atoms. The molecule has 3 aromatic carbocycles. The monoisotopic (exact) mass is 773 g/mol. The first kappa shape index (κ1) is 39.2. The molecule has 10 nitrogen and oxygen atoms in total. The van der Waals surface area contributed by atoms with E-state index in [1.54, 1.807) is 6.20 Å². The molecule has 2 bridgehead atoms. The van der Waals surface area contributed by atoms with Gasteiger partial charge in [0.15, 0.2) is 0 Å². The van der Waals surface area contributed by atoms with E-state index in [2.05, 4.69) is 69.5 Å². The van der Waals surface area contributed by atoms with E-state index in [1.165, 1.54) is 4.57 Å². The van der Waals surface area contributed by atoms with Gasteiger partial charge in [0.1, 0.15) is 18.2 Å². The Bertz CT molecular complexity index is 2150. The fourth-order valence-electron chi connectivity index (χ4n) is 10.2. The van der Waals surface area contributed by atoms with Crippen LogP contribution in [-0.4, -0.2) is 65.7 Å². The van der Waals surface area contributed by atoms with Gasteiger partial charge < -0.3 is 29.4 Å². The Labute approximate surface area is 336 Å². The molecule has 4 aromatic rings. The van der Waals surface area contributed by atoms with Crippen LogP contribution in [0, 0.1) is 23.2 Å². The predicted molar refractivity (Wildman–Crippen MR) is 221 cm³/mol. The molecule has 2 N–H and O–H groups in total. The molecule has 4 fully saturated rings. The topological polar surface area (TPSA) is 117 Å². The van der Waals surface area contributed by atoms with Gasteiger partial charge >= 0.3 is 19.3 Å². The highest BCUT2D eigenvalue weighted by atomic mass is 16.7. The summed E-state index contributed by atoms with van der Waals surface area (Å²) >= 11 is 0. The van der Waals surface area contributed by atoms with Crippen LogP contribution in [0.4, 0.5) is 9.59 Å². The first-order valence-corrected chi connectivity index (χ1v) is 20.6. The van der Waals surface area contributed by atoms with Crippen LogP contribution in [0.15, 0.2) is 79.0 Å². The maximum absolute atomic E-state index is 14.7. The highest BCUT2D eigenvalue weighted by Gasteiger charge is 2.68. The van der Waals surface area contributed by atoms with Gasteiger partial charge in [0, 0.05) is 23.9 Å². The van der Waals surface area contributed by atoms with Crippen LogP contribution < -0.4 is 10.6 Å². The van der Waals surface area contributed by atoms with Crippen molar-refractivity contribution in [2.24, 2.45) is 23.2 Å². The lowest BCUT2D eigenvalue weighted by Crippen LogP contribution is -2.65. The summed E-state index contributed by atoms with van der Waals surface area (Å²) in [5.74, 6) is 0.197. The summed E-state index contributed by atoms with van der Waals surface area (Å²) in [4.78, 5) is 41.9. The summed E-state index contributed by atoms with van der Waals surface area (Å²) in [6.07, 6.45) is 3.19. The number of nitrogens with zero attached hydrogens (tertiary/aromatic N) is 1. The Morgan fingerprint density at radius 3 is 2.21 bits per heavy atom. The molecular formula is C46H56BN3O7. The summed E-state index contributed by atoms with van der Waals surface area (Å²) in [6, 6.07) is 22.8. The van der Waals surface area contributed by atoms with Crippen molar-refractivity contribution in [2.45, 2.75) is 116 Å². The molecule has 300 valence electrons. The van der Waals surface area contributed by atoms with E-state index in [0.717, 1.165) is 40.5 Å². The fraction of sp³-hybridized carbons (Fsp3) is 0.500. The van der Waals surface area contributed by atoms with Crippen molar-refractivity contribution in [3.05, 3.63) is 95.7 Å². The zero-order chi connectivity index (χ0) is 40.4. The van der Waals surface area contributed by atoms with Crippen LogP contribution in [0.5, 0.6) is 0 Å². The number of ether oxygens (including phenoxy) is 2. The van der Waals surface area contributed by atoms with Crippen LogP contribution in [-0.2, 0) is 30.0 Å². The molecule has 0 spiro atoms. The van der Waals surface area contributed by atoms with E-state index in [0.29, 0.717) is 29.3 Å². The number of para-hydroxylation sites is 1. The second-order valence-electron chi connectivity index (χ2n) is 18.8. The van der Waals surface area contributed by atoms with E-state index >= 15 is 0 Å². The second kappa shape index (κ2) is 14.6. The van der Waals surface area contributed by atoms with E-state index in [4.69, 9.17) is 18.8 Å². The number of fused-ring (bicyclic) bond motifs is 4. The first-order chi connectivity index (χ1) is 27.0. The Morgan fingerprint density at radius 2 is 1.56 bits per heavy atom. The third kappa shape index (κ3) is 7.26. The molecule has 1 aromatic heterocycles. The summed E-state index contributed by atoms with van der Waals surface area (Å²) < 4.78 is 26.7. The molecule has 0 unspecified atom stereocenters. The summed E-state index contributed by atoms with van der Waals surface area (Å²) in [7, 11) is -0.634. The standard InChI is InChI=1S/C46H56BN3O7/c1-27(2)21-40(47-56-39-24-29-23-38(45(29,6)7)46(39,8)57-47)49-41(51)36(22-28-25-50(43(53)55-44(3,4)5)37-20-14-13-15-30(28)37)48-42(52)54-26-35-33-18-11-9-16-31(33)32-17-10-12-19-34(32)35/h9-20,25,27,29,35-36,38-40H,21-24,26H2,1-8H3,(H,48,52)(H,49,51)/t29-,36-,38-,39+,40-,46-/m0/s1. The number of carbonyl (C=O) groups is 3. The summed E-state index contributed by atoms with van der Waals surface area (Å²) in [5.41, 5.74) is 4.82. The van der Waals surface area contributed by atoms with Crippen molar-refractivity contribution in [1.82, 2.24) is 15.2 Å². The van der Waals surface area contributed by atoms with Gasteiger partial charge in [0.05, 0.1) is 23.2 Å². The first-order valence-electron chi connectivity index (χ1n) is 20.6. The van der Waals surface area contributed by atoms with E-state index in [1.807, 2.05) is 69.3 Å². The molecule has 2 heterocycles. The van der Waals surface area contributed by atoms with Crippen LogP contribution in [0.25, 0.3) is 22.0 Å². The molecule has 2 amide bonds. The highest BCUT2D eigenvalue weighted by Crippen LogP contribution is 2.65. The summed E-state index contributed by atoms with van der Waals surface area (Å²) in [5, 5.41) is 6.97. The second-order valence-corrected chi connectivity index (χ2v) is 18.8. The minimum atomic E-state index is -1.06.